The SMILES string of the molecule is NC(=O)c1ccc(Oc2ccc3c(c2)S(=O)(=O)CCC3C2CC2)cc1. The smallest absolute Gasteiger partial charge is 0.248 e. The molecular weight excluding hydrogens is 338 g/mol. The first-order valence-corrected chi connectivity index (χ1v) is 10.0. The van der Waals surface area contributed by atoms with Crippen molar-refractivity contribution >= 4 is 15.7 Å². The second-order valence-corrected chi connectivity index (χ2v) is 8.82. The molecule has 6 heteroatoms. The molecule has 0 saturated heterocycles. The van der Waals surface area contributed by atoms with Crippen molar-refractivity contribution in [1.29, 1.82) is 0 Å². The number of sulfone groups is 1. The Bertz CT molecular complexity index is 930. The average Bonchev–Trinajstić information content (AvgIpc) is 3.41. The molecule has 5 nitrogen and oxygen atoms in total. The highest BCUT2D eigenvalue weighted by atomic mass is 32.2. The van der Waals surface area contributed by atoms with Crippen molar-refractivity contribution in [3.63, 3.8) is 0 Å². The average molecular weight is 357 g/mol. The lowest BCUT2D eigenvalue weighted by Crippen LogP contribution is -2.21. The number of nitrogens with two attached hydrogens (primary N) is 1. The molecule has 4 rings (SSSR count). The summed E-state index contributed by atoms with van der Waals surface area (Å²) in [6, 6.07) is 11.8. The third kappa shape index (κ3) is 3.14. The van der Waals surface area contributed by atoms with Crippen LogP contribution >= 0.6 is 0 Å². The molecule has 2 aromatic carbocycles. The summed E-state index contributed by atoms with van der Waals surface area (Å²) in [6.07, 6.45) is 3.10. The molecule has 2 N–H and O–H groups in total. The van der Waals surface area contributed by atoms with Crippen LogP contribution in [0, 0.1) is 5.92 Å². The van der Waals surface area contributed by atoms with E-state index >= 15 is 0 Å². The quantitative estimate of drug-likeness (QED) is 0.910. The van der Waals surface area contributed by atoms with E-state index in [1.807, 2.05) is 12.1 Å². The number of primary amides is 1. The van der Waals surface area contributed by atoms with Gasteiger partial charge in [0.25, 0.3) is 0 Å². The summed E-state index contributed by atoms with van der Waals surface area (Å²) in [7, 11) is -3.25. The largest absolute Gasteiger partial charge is 0.457 e. The predicted molar refractivity (Wildman–Crippen MR) is 93.6 cm³/mol. The first-order chi connectivity index (χ1) is 11.9. The molecule has 2 aliphatic rings. The van der Waals surface area contributed by atoms with Crippen LogP contribution in [0.1, 0.15) is 41.1 Å². The number of hydrogen-bond donors (Lipinski definition) is 1. The van der Waals surface area contributed by atoms with E-state index in [9.17, 15) is 13.2 Å². The van der Waals surface area contributed by atoms with Gasteiger partial charge >= 0.3 is 0 Å². The maximum absolute atomic E-state index is 12.5. The monoisotopic (exact) mass is 357 g/mol. The van der Waals surface area contributed by atoms with Crippen molar-refractivity contribution in [2.45, 2.75) is 30.1 Å². The van der Waals surface area contributed by atoms with E-state index < -0.39 is 15.7 Å². The molecular formula is C19H19NO4S. The molecule has 0 bridgehead atoms. The Hall–Kier alpha value is -2.34. The molecule has 1 atom stereocenters. The molecule has 0 aromatic heterocycles. The van der Waals surface area contributed by atoms with Crippen LogP contribution in [0.3, 0.4) is 0 Å². The van der Waals surface area contributed by atoms with Gasteiger partial charge in [0.1, 0.15) is 11.5 Å². The summed E-state index contributed by atoms with van der Waals surface area (Å²) in [6.45, 7) is 0. The van der Waals surface area contributed by atoms with Crippen LogP contribution in [0.2, 0.25) is 0 Å². The minimum absolute atomic E-state index is 0.206. The first-order valence-electron chi connectivity index (χ1n) is 8.38. The van der Waals surface area contributed by atoms with Crippen molar-refractivity contribution < 1.29 is 17.9 Å². The summed E-state index contributed by atoms with van der Waals surface area (Å²) in [5, 5.41) is 0. The van der Waals surface area contributed by atoms with Crippen LogP contribution in [-0.4, -0.2) is 20.1 Å². The lowest BCUT2D eigenvalue weighted by atomic mass is 9.91. The molecule has 1 aliphatic carbocycles. The van der Waals surface area contributed by atoms with E-state index in [1.54, 1.807) is 30.3 Å². The van der Waals surface area contributed by atoms with Crippen molar-refractivity contribution in [3.8, 4) is 11.5 Å². The van der Waals surface area contributed by atoms with Gasteiger partial charge in [0.15, 0.2) is 9.84 Å². The Kier molecular flexibility index (Phi) is 3.80. The van der Waals surface area contributed by atoms with E-state index in [2.05, 4.69) is 0 Å². The van der Waals surface area contributed by atoms with Gasteiger partial charge in [-0.25, -0.2) is 8.42 Å². The highest BCUT2D eigenvalue weighted by molar-refractivity contribution is 7.91. The zero-order valence-corrected chi connectivity index (χ0v) is 14.5. The van der Waals surface area contributed by atoms with Crippen LogP contribution in [0.4, 0.5) is 0 Å². The first kappa shape index (κ1) is 16.1. The fraction of sp³-hybridized carbons (Fsp3) is 0.316. The minimum Gasteiger partial charge on any atom is -0.457 e. The lowest BCUT2D eigenvalue weighted by molar-refractivity contribution is 0.100. The van der Waals surface area contributed by atoms with Crippen LogP contribution in [0.15, 0.2) is 47.4 Å². The lowest BCUT2D eigenvalue weighted by Gasteiger charge is -2.25. The molecule has 1 amide bonds. The van der Waals surface area contributed by atoms with E-state index in [4.69, 9.17) is 10.5 Å². The van der Waals surface area contributed by atoms with Crippen LogP contribution in [0.25, 0.3) is 0 Å². The Balaban J connectivity index is 1.64. The summed E-state index contributed by atoms with van der Waals surface area (Å²) >= 11 is 0. The summed E-state index contributed by atoms with van der Waals surface area (Å²) in [5.41, 5.74) is 6.55. The number of rotatable bonds is 4. The van der Waals surface area contributed by atoms with Crippen molar-refractivity contribution in [2.24, 2.45) is 11.7 Å². The normalized spacial score (nSPS) is 21.4. The van der Waals surface area contributed by atoms with Gasteiger partial charge in [-0.1, -0.05) is 6.07 Å². The molecule has 2 aromatic rings. The summed E-state index contributed by atoms with van der Waals surface area (Å²) < 4.78 is 30.7. The molecule has 130 valence electrons. The van der Waals surface area contributed by atoms with Gasteiger partial charge in [0, 0.05) is 5.56 Å². The number of fused-ring (bicyclic) bond motifs is 1. The molecule has 0 radical (unpaired) electrons. The Morgan fingerprint density at radius 1 is 1.00 bits per heavy atom. The number of hydrogen-bond acceptors (Lipinski definition) is 4. The third-order valence-corrected chi connectivity index (χ3v) is 6.78. The van der Waals surface area contributed by atoms with E-state index in [0.29, 0.717) is 33.8 Å². The molecule has 0 spiro atoms. The van der Waals surface area contributed by atoms with Gasteiger partial charge < -0.3 is 10.5 Å². The van der Waals surface area contributed by atoms with Crippen molar-refractivity contribution in [2.75, 3.05) is 5.75 Å². The standard InChI is InChI=1S/C19H19NO4S/c20-19(21)13-3-5-14(6-4-13)24-15-7-8-17-16(12-1-2-12)9-10-25(22,23)18(17)11-15/h3-8,11-12,16H,1-2,9-10H2,(H2,20,21). The second-order valence-electron chi connectivity index (χ2n) is 6.74. The number of amides is 1. The number of carbonyl (C=O) groups excluding carboxylic acids is 1. The summed E-state index contributed by atoms with van der Waals surface area (Å²) in [5.74, 6) is 1.68. The van der Waals surface area contributed by atoms with Crippen LogP contribution in [0.5, 0.6) is 11.5 Å². The van der Waals surface area contributed by atoms with Crippen LogP contribution in [-0.2, 0) is 9.84 Å². The topological polar surface area (TPSA) is 86.5 Å². The zero-order valence-electron chi connectivity index (χ0n) is 13.6. The van der Waals surface area contributed by atoms with Crippen molar-refractivity contribution in [1.82, 2.24) is 0 Å². The fourth-order valence-electron chi connectivity index (χ4n) is 3.51. The third-order valence-electron chi connectivity index (χ3n) is 4.98. The zero-order chi connectivity index (χ0) is 17.6. The Morgan fingerprint density at radius 2 is 1.68 bits per heavy atom. The molecule has 1 heterocycles. The van der Waals surface area contributed by atoms with Gasteiger partial charge in [-0.3, -0.25) is 4.79 Å². The number of carbonyl (C=O) groups is 1. The van der Waals surface area contributed by atoms with Gasteiger partial charge in [-0.2, -0.15) is 0 Å². The van der Waals surface area contributed by atoms with Gasteiger partial charge in [0.2, 0.25) is 5.91 Å². The van der Waals surface area contributed by atoms with Crippen LogP contribution < -0.4 is 10.5 Å². The van der Waals surface area contributed by atoms with Crippen molar-refractivity contribution in [3.05, 3.63) is 53.6 Å². The second kappa shape index (κ2) is 5.88. The van der Waals surface area contributed by atoms with Gasteiger partial charge in [-0.05, 0) is 73.1 Å². The van der Waals surface area contributed by atoms with E-state index in [1.165, 1.54) is 12.8 Å². The van der Waals surface area contributed by atoms with Gasteiger partial charge in [0.05, 0.1) is 10.6 Å². The molecule has 1 unspecified atom stereocenters. The fourth-order valence-corrected chi connectivity index (χ4v) is 5.17. The maximum atomic E-state index is 12.5. The predicted octanol–water partition coefficient (Wildman–Crippen LogP) is 3.25. The molecule has 1 saturated carbocycles. The number of ether oxygens (including phenoxy) is 1. The Labute approximate surface area is 146 Å². The molecule has 1 aliphatic heterocycles. The van der Waals surface area contributed by atoms with E-state index in [0.717, 1.165) is 12.0 Å². The van der Waals surface area contributed by atoms with E-state index in [-0.39, 0.29) is 5.75 Å². The molecule has 25 heavy (non-hydrogen) atoms. The molecule has 1 fully saturated rings. The summed E-state index contributed by atoms with van der Waals surface area (Å²) in [4.78, 5) is 11.5. The highest BCUT2D eigenvalue weighted by Crippen LogP contribution is 2.49. The maximum Gasteiger partial charge on any atom is 0.248 e. The minimum atomic E-state index is -3.25. The highest BCUT2D eigenvalue weighted by Gasteiger charge is 2.39. The number of benzene rings is 2. The van der Waals surface area contributed by atoms with Gasteiger partial charge in [-0.15, -0.1) is 0 Å². The Morgan fingerprint density at radius 3 is 2.32 bits per heavy atom.